The minimum Gasteiger partial charge on any atom is -0.507 e. The van der Waals surface area contributed by atoms with Gasteiger partial charge in [-0.2, -0.15) is 0 Å². The van der Waals surface area contributed by atoms with Crippen molar-refractivity contribution in [1.82, 2.24) is 0 Å². The maximum absolute atomic E-state index is 10.7. The van der Waals surface area contributed by atoms with Crippen LogP contribution in [0.15, 0.2) is 36.4 Å². The van der Waals surface area contributed by atoms with E-state index in [-0.39, 0.29) is 0 Å². The van der Waals surface area contributed by atoms with Gasteiger partial charge in [-0.25, -0.2) is 0 Å². The van der Waals surface area contributed by atoms with E-state index in [4.69, 9.17) is 0 Å². The predicted octanol–water partition coefficient (Wildman–Crippen LogP) is 3.99. The maximum atomic E-state index is 10.7. The number of hydrogen-bond donors (Lipinski definition) is 1. The Bertz CT molecular complexity index is 616. The molecular formula is C17H16O2. The molecule has 0 aromatic heterocycles. The second-order valence-electron chi connectivity index (χ2n) is 4.62. The Kier molecular flexibility index (Phi) is 3.81. The van der Waals surface area contributed by atoms with Crippen molar-refractivity contribution < 1.29 is 9.90 Å². The number of phenolic OH excluding ortho intramolecular Hbond substituents is 1. The average molecular weight is 252 g/mol. The number of aromatic hydroxyl groups is 1. The fraction of sp³-hybridized carbons (Fsp3) is 0.118. The quantitative estimate of drug-likeness (QED) is 0.662. The first kappa shape index (κ1) is 13.1. The van der Waals surface area contributed by atoms with Crippen LogP contribution in [0.2, 0.25) is 0 Å². The van der Waals surface area contributed by atoms with Crippen molar-refractivity contribution in [2.45, 2.75) is 13.8 Å². The van der Waals surface area contributed by atoms with Crippen LogP contribution in [-0.2, 0) is 0 Å². The van der Waals surface area contributed by atoms with Gasteiger partial charge in [0.1, 0.15) is 12.0 Å². The SMILES string of the molecule is Cc1cc(/C=C/c2cccc(C=O)c2)cc(C)c1O. The van der Waals surface area contributed by atoms with Crippen LogP contribution in [0.3, 0.4) is 0 Å². The highest BCUT2D eigenvalue weighted by Crippen LogP contribution is 2.24. The average Bonchev–Trinajstić information content (AvgIpc) is 2.42. The van der Waals surface area contributed by atoms with E-state index in [0.29, 0.717) is 11.3 Å². The Balaban J connectivity index is 2.29. The molecule has 0 unspecified atom stereocenters. The number of aryl methyl sites for hydroxylation is 2. The molecule has 0 aliphatic rings. The van der Waals surface area contributed by atoms with Gasteiger partial charge in [0.15, 0.2) is 0 Å². The molecule has 0 bridgehead atoms. The molecule has 2 aromatic carbocycles. The van der Waals surface area contributed by atoms with Crippen molar-refractivity contribution in [3.8, 4) is 5.75 Å². The summed E-state index contributed by atoms with van der Waals surface area (Å²) in [6.45, 7) is 3.76. The molecule has 0 atom stereocenters. The molecule has 2 nitrogen and oxygen atoms in total. The van der Waals surface area contributed by atoms with E-state index in [9.17, 15) is 9.90 Å². The van der Waals surface area contributed by atoms with Crippen molar-refractivity contribution in [2.75, 3.05) is 0 Å². The first-order valence-corrected chi connectivity index (χ1v) is 6.13. The third kappa shape index (κ3) is 3.10. The van der Waals surface area contributed by atoms with Crippen molar-refractivity contribution in [3.63, 3.8) is 0 Å². The van der Waals surface area contributed by atoms with Gasteiger partial charge in [0.25, 0.3) is 0 Å². The fourth-order valence-electron chi connectivity index (χ4n) is 2.01. The lowest BCUT2D eigenvalue weighted by atomic mass is 10.0. The summed E-state index contributed by atoms with van der Waals surface area (Å²) in [4.78, 5) is 10.7. The largest absolute Gasteiger partial charge is 0.507 e. The first-order valence-electron chi connectivity index (χ1n) is 6.13. The van der Waals surface area contributed by atoms with Gasteiger partial charge in [-0.3, -0.25) is 4.79 Å². The smallest absolute Gasteiger partial charge is 0.150 e. The van der Waals surface area contributed by atoms with E-state index >= 15 is 0 Å². The number of carbonyl (C=O) groups is 1. The van der Waals surface area contributed by atoms with E-state index < -0.39 is 0 Å². The molecule has 19 heavy (non-hydrogen) atoms. The van der Waals surface area contributed by atoms with Crippen LogP contribution in [0.4, 0.5) is 0 Å². The lowest BCUT2D eigenvalue weighted by molar-refractivity contribution is 0.112. The molecule has 0 saturated heterocycles. The molecule has 0 amide bonds. The van der Waals surface area contributed by atoms with Crippen LogP contribution in [0.25, 0.3) is 12.2 Å². The highest BCUT2D eigenvalue weighted by molar-refractivity contribution is 5.78. The Morgan fingerprint density at radius 1 is 0.895 bits per heavy atom. The molecule has 0 radical (unpaired) electrons. The molecule has 2 aromatic rings. The van der Waals surface area contributed by atoms with E-state index in [0.717, 1.165) is 28.5 Å². The van der Waals surface area contributed by atoms with Gasteiger partial charge in [-0.05, 0) is 54.3 Å². The summed E-state index contributed by atoms with van der Waals surface area (Å²) in [6, 6.07) is 11.3. The summed E-state index contributed by atoms with van der Waals surface area (Å²) in [5.74, 6) is 0.347. The standard InChI is InChI=1S/C17H16O2/c1-12-8-15(9-13(2)17(12)19)7-6-14-4-3-5-16(10-14)11-18/h3-11,19H,1-2H3/b7-6+. The highest BCUT2D eigenvalue weighted by Gasteiger charge is 2.01. The molecule has 2 heteroatoms. The third-order valence-electron chi connectivity index (χ3n) is 3.03. The summed E-state index contributed by atoms with van der Waals surface area (Å²) in [5.41, 5.74) is 4.40. The molecule has 0 heterocycles. The summed E-state index contributed by atoms with van der Waals surface area (Å²) in [5, 5.41) is 9.72. The Hall–Kier alpha value is -2.35. The maximum Gasteiger partial charge on any atom is 0.150 e. The molecule has 2 rings (SSSR count). The topological polar surface area (TPSA) is 37.3 Å². The molecule has 1 N–H and O–H groups in total. The van der Waals surface area contributed by atoms with Crippen LogP contribution >= 0.6 is 0 Å². The monoisotopic (exact) mass is 252 g/mol. The van der Waals surface area contributed by atoms with Crippen molar-refractivity contribution in [1.29, 1.82) is 0 Å². The lowest BCUT2D eigenvalue weighted by Gasteiger charge is -2.04. The molecule has 96 valence electrons. The predicted molar refractivity (Wildman–Crippen MR) is 78.3 cm³/mol. The third-order valence-corrected chi connectivity index (χ3v) is 3.03. The van der Waals surface area contributed by atoms with Crippen LogP contribution in [0.5, 0.6) is 5.75 Å². The van der Waals surface area contributed by atoms with E-state index in [1.807, 2.05) is 56.3 Å². The second-order valence-corrected chi connectivity index (χ2v) is 4.62. The summed E-state index contributed by atoms with van der Waals surface area (Å²) in [6.07, 6.45) is 4.77. The number of phenols is 1. The van der Waals surface area contributed by atoms with Gasteiger partial charge in [0.2, 0.25) is 0 Å². The number of aldehydes is 1. The van der Waals surface area contributed by atoms with Crippen LogP contribution in [0, 0.1) is 13.8 Å². The van der Waals surface area contributed by atoms with Crippen LogP contribution in [-0.4, -0.2) is 11.4 Å². The Morgan fingerprint density at radius 3 is 2.11 bits per heavy atom. The lowest BCUT2D eigenvalue weighted by Crippen LogP contribution is -1.83. The van der Waals surface area contributed by atoms with Crippen LogP contribution < -0.4 is 0 Å². The van der Waals surface area contributed by atoms with Crippen molar-refractivity contribution in [2.24, 2.45) is 0 Å². The van der Waals surface area contributed by atoms with Gasteiger partial charge in [0, 0.05) is 5.56 Å². The summed E-state index contributed by atoms with van der Waals surface area (Å²) in [7, 11) is 0. The number of rotatable bonds is 3. The van der Waals surface area contributed by atoms with Crippen molar-refractivity contribution >= 4 is 18.4 Å². The number of benzene rings is 2. The molecule has 0 spiro atoms. The summed E-state index contributed by atoms with van der Waals surface area (Å²) < 4.78 is 0. The van der Waals surface area contributed by atoms with Gasteiger partial charge in [-0.1, -0.05) is 30.4 Å². The van der Waals surface area contributed by atoms with Gasteiger partial charge >= 0.3 is 0 Å². The zero-order chi connectivity index (χ0) is 13.8. The molecule has 0 fully saturated rings. The molecule has 0 aliphatic carbocycles. The van der Waals surface area contributed by atoms with E-state index in [1.165, 1.54) is 0 Å². The Labute approximate surface area is 113 Å². The van der Waals surface area contributed by atoms with Gasteiger partial charge < -0.3 is 5.11 Å². The first-order chi connectivity index (χ1) is 9.10. The summed E-state index contributed by atoms with van der Waals surface area (Å²) >= 11 is 0. The van der Waals surface area contributed by atoms with Crippen molar-refractivity contribution in [3.05, 3.63) is 64.2 Å². The minimum atomic E-state index is 0.347. The number of hydrogen-bond acceptors (Lipinski definition) is 2. The zero-order valence-corrected chi connectivity index (χ0v) is 11.1. The normalized spacial score (nSPS) is 10.8. The molecular weight excluding hydrogens is 236 g/mol. The highest BCUT2D eigenvalue weighted by atomic mass is 16.3. The fourth-order valence-corrected chi connectivity index (χ4v) is 2.01. The van der Waals surface area contributed by atoms with E-state index in [2.05, 4.69) is 0 Å². The molecule has 0 saturated carbocycles. The van der Waals surface area contributed by atoms with Gasteiger partial charge in [-0.15, -0.1) is 0 Å². The van der Waals surface area contributed by atoms with Crippen LogP contribution in [0.1, 0.15) is 32.6 Å². The zero-order valence-electron chi connectivity index (χ0n) is 11.1. The van der Waals surface area contributed by atoms with E-state index in [1.54, 1.807) is 6.07 Å². The molecule has 0 aliphatic heterocycles. The van der Waals surface area contributed by atoms with Gasteiger partial charge in [0.05, 0.1) is 0 Å². The number of carbonyl (C=O) groups excluding carboxylic acids is 1. The minimum absolute atomic E-state index is 0.347. The second kappa shape index (κ2) is 5.53. The Morgan fingerprint density at radius 2 is 1.47 bits per heavy atom.